The zero-order valence-corrected chi connectivity index (χ0v) is 6.84. The van der Waals surface area contributed by atoms with Crippen molar-refractivity contribution in [2.75, 3.05) is 0 Å². The number of alkyl halides is 3. The second-order valence-corrected chi connectivity index (χ2v) is 2.62. The van der Waals surface area contributed by atoms with E-state index in [9.17, 15) is 13.2 Å². The van der Waals surface area contributed by atoms with E-state index in [0.29, 0.717) is 0 Å². The predicted octanol–water partition coefficient (Wildman–Crippen LogP) is 2.15. The predicted molar refractivity (Wildman–Crippen MR) is 39.9 cm³/mol. The maximum absolute atomic E-state index is 12.1. The van der Waals surface area contributed by atoms with Crippen LogP contribution in [0.2, 0.25) is 0 Å². The summed E-state index contributed by atoms with van der Waals surface area (Å²) in [5.74, 6) is 0. The van der Waals surface area contributed by atoms with Crippen LogP contribution in [0.25, 0.3) is 0 Å². The van der Waals surface area contributed by atoms with Gasteiger partial charge in [0.2, 0.25) is 0 Å². The van der Waals surface area contributed by atoms with Gasteiger partial charge in [0.15, 0.2) is 0 Å². The number of halogens is 3. The number of hydrogen-bond acceptors (Lipinski definition) is 2. The summed E-state index contributed by atoms with van der Waals surface area (Å²) in [4.78, 5) is 3.27. The van der Waals surface area contributed by atoms with E-state index in [1.54, 1.807) is 0 Å². The minimum Gasteiger partial charge on any atom is -0.387 e. The van der Waals surface area contributed by atoms with Gasteiger partial charge in [-0.1, -0.05) is 6.07 Å². The first-order valence-electron chi connectivity index (χ1n) is 3.63. The summed E-state index contributed by atoms with van der Waals surface area (Å²) < 4.78 is 36.3. The second-order valence-electron chi connectivity index (χ2n) is 2.62. The minimum absolute atomic E-state index is 0.0230. The van der Waals surface area contributed by atoms with Gasteiger partial charge in [-0.25, -0.2) is 4.98 Å². The fourth-order valence-corrected chi connectivity index (χ4v) is 0.842. The SMILES string of the molecule is C[C@H](O)c1cccc(C(F)(F)F)n1. The van der Waals surface area contributed by atoms with Crippen LogP contribution in [-0.4, -0.2) is 10.1 Å². The van der Waals surface area contributed by atoms with Crippen molar-refractivity contribution in [3.63, 3.8) is 0 Å². The Balaban J connectivity index is 3.06. The Morgan fingerprint density at radius 2 is 2.00 bits per heavy atom. The molecule has 1 heterocycles. The largest absolute Gasteiger partial charge is 0.433 e. The summed E-state index contributed by atoms with van der Waals surface area (Å²) in [6.45, 7) is 1.36. The van der Waals surface area contributed by atoms with Crippen molar-refractivity contribution in [1.29, 1.82) is 0 Å². The third kappa shape index (κ3) is 2.42. The van der Waals surface area contributed by atoms with Crippen LogP contribution < -0.4 is 0 Å². The highest BCUT2D eigenvalue weighted by Crippen LogP contribution is 2.28. The van der Waals surface area contributed by atoms with Crippen LogP contribution in [0.3, 0.4) is 0 Å². The molecule has 0 amide bonds. The van der Waals surface area contributed by atoms with Gasteiger partial charge in [-0.3, -0.25) is 0 Å². The molecular weight excluding hydrogens is 183 g/mol. The van der Waals surface area contributed by atoms with Gasteiger partial charge in [0.25, 0.3) is 0 Å². The quantitative estimate of drug-likeness (QED) is 0.737. The lowest BCUT2D eigenvalue weighted by atomic mass is 10.2. The van der Waals surface area contributed by atoms with Crippen molar-refractivity contribution in [2.24, 2.45) is 0 Å². The van der Waals surface area contributed by atoms with E-state index >= 15 is 0 Å². The Morgan fingerprint density at radius 1 is 1.38 bits per heavy atom. The molecule has 0 fully saturated rings. The highest BCUT2D eigenvalue weighted by molar-refractivity contribution is 5.14. The summed E-state index contributed by atoms with van der Waals surface area (Å²) in [6, 6.07) is 3.43. The molecule has 0 aliphatic heterocycles. The average Bonchev–Trinajstić information content (AvgIpc) is 2.03. The Bertz CT molecular complexity index is 296. The fraction of sp³-hybridized carbons (Fsp3) is 0.375. The minimum atomic E-state index is -4.45. The van der Waals surface area contributed by atoms with E-state index in [-0.39, 0.29) is 5.69 Å². The molecular formula is C8H8F3NO. The fourth-order valence-electron chi connectivity index (χ4n) is 0.842. The van der Waals surface area contributed by atoms with Gasteiger partial charge in [-0.2, -0.15) is 13.2 Å². The smallest absolute Gasteiger partial charge is 0.387 e. The number of pyridine rings is 1. The zero-order chi connectivity index (χ0) is 10.1. The number of rotatable bonds is 1. The first-order chi connectivity index (χ1) is 5.91. The molecule has 1 aromatic heterocycles. The topological polar surface area (TPSA) is 33.1 Å². The van der Waals surface area contributed by atoms with Crippen molar-refractivity contribution < 1.29 is 18.3 Å². The molecule has 0 unspecified atom stereocenters. The molecule has 0 aliphatic rings. The summed E-state index contributed by atoms with van der Waals surface area (Å²) in [5.41, 5.74) is -0.958. The second kappa shape index (κ2) is 3.33. The van der Waals surface area contributed by atoms with Gasteiger partial charge >= 0.3 is 6.18 Å². The Labute approximate surface area is 73.0 Å². The Morgan fingerprint density at radius 3 is 2.46 bits per heavy atom. The molecule has 0 saturated heterocycles. The zero-order valence-electron chi connectivity index (χ0n) is 6.84. The molecule has 1 atom stereocenters. The van der Waals surface area contributed by atoms with Crippen molar-refractivity contribution in [3.05, 3.63) is 29.6 Å². The molecule has 1 N–H and O–H groups in total. The lowest BCUT2D eigenvalue weighted by molar-refractivity contribution is -0.141. The number of hydrogen-bond donors (Lipinski definition) is 1. The lowest BCUT2D eigenvalue weighted by Gasteiger charge is -2.08. The summed E-state index contributed by atoms with van der Waals surface area (Å²) in [5, 5.41) is 8.98. The van der Waals surface area contributed by atoms with Gasteiger partial charge in [0.1, 0.15) is 5.69 Å². The van der Waals surface area contributed by atoms with Gasteiger partial charge in [0, 0.05) is 0 Å². The molecule has 0 bridgehead atoms. The molecule has 0 radical (unpaired) electrons. The highest BCUT2D eigenvalue weighted by atomic mass is 19.4. The molecule has 5 heteroatoms. The summed E-state index contributed by atoms with van der Waals surface area (Å²) in [6.07, 6.45) is -5.44. The van der Waals surface area contributed by atoms with Crippen LogP contribution in [0.15, 0.2) is 18.2 Å². The number of aliphatic hydroxyl groups excluding tert-OH is 1. The molecule has 13 heavy (non-hydrogen) atoms. The number of aromatic nitrogens is 1. The molecule has 1 rings (SSSR count). The van der Waals surface area contributed by atoms with Crippen LogP contribution in [0.1, 0.15) is 24.4 Å². The van der Waals surface area contributed by atoms with Crippen molar-refractivity contribution >= 4 is 0 Å². The first kappa shape index (κ1) is 9.98. The number of aliphatic hydroxyl groups is 1. The van der Waals surface area contributed by atoms with Gasteiger partial charge < -0.3 is 5.11 Å². The van der Waals surface area contributed by atoms with E-state index in [4.69, 9.17) is 5.11 Å². The third-order valence-electron chi connectivity index (χ3n) is 1.49. The Hall–Kier alpha value is -1.10. The molecule has 0 aliphatic carbocycles. The van der Waals surface area contributed by atoms with E-state index in [2.05, 4.69) is 4.98 Å². The molecule has 72 valence electrons. The maximum atomic E-state index is 12.1. The first-order valence-corrected chi connectivity index (χ1v) is 3.63. The van der Waals surface area contributed by atoms with Crippen LogP contribution in [0.4, 0.5) is 13.2 Å². The van der Waals surface area contributed by atoms with E-state index < -0.39 is 18.0 Å². The van der Waals surface area contributed by atoms with E-state index in [1.165, 1.54) is 19.1 Å². The van der Waals surface area contributed by atoms with Crippen molar-refractivity contribution in [2.45, 2.75) is 19.2 Å². The molecule has 1 aromatic rings. The Kier molecular flexibility index (Phi) is 2.56. The third-order valence-corrected chi connectivity index (χ3v) is 1.49. The number of nitrogens with zero attached hydrogens (tertiary/aromatic N) is 1. The summed E-state index contributed by atoms with van der Waals surface area (Å²) >= 11 is 0. The monoisotopic (exact) mass is 191 g/mol. The van der Waals surface area contributed by atoms with Crippen LogP contribution >= 0.6 is 0 Å². The van der Waals surface area contributed by atoms with Gasteiger partial charge in [0.05, 0.1) is 11.8 Å². The lowest BCUT2D eigenvalue weighted by Crippen LogP contribution is -2.09. The van der Waals surface area contributed by atoms with Gasteiger partial charge in [-0.15, -0.1) is 0 Å². The molecule has 2 nitrogen and oxygen atoms in total. The van der Waals surface area contributed by atoms with E-state index in [0.717, 1.165) is 6.07 Å². The molecule has 0 aromatic carbocycles. The maximum Gasteiger partial charge on any atom is 0.433 e. The van der Waals surface area contributed by atoms with Crippen molar-refractivity contribution in [1.82, 2.24) is 4.98 Å². The molecule has 0 saturated carbocycles. The standard InChI is InChI=1S/C8H8F3NO/c1-5(13)6-3-2-4-7(12-6)8(9,10)11/h2-5,13H,1H3/t5-/m0/s1. The van der Waals surface area contributed by atoms with Crippen LogP contribution in [0.5, 0.6) is 0 Å². The summed E-state index contributed by atoms with van der Waals surface area (Å²) in [7, 11) is 0. The van der Waals surface area contributed by atoms with E-state index in [1.807, 2.05) is 0 Å². The van der Waals surface area contributed by atoms with Crippen molar-refractivity contribution in [3.8, 4) is 0 Å². The van der Waals surface area contributed by atoms with Crippen LogP contribution in [-0.2, 0) is 6.18 Å². The van der Waals surface area contributed by atoms with Crippen LogP contribution in [0, 0.1) is 0 Å². The highest BCUT2D eigenvalue weighted by Gasteiger charge is 2.32. The van der Waals surface area contributed by atoms with Gasteiger partial charge in [-0.05, 0) is 19.1 Å². The average molecular weight is 191 g/mol. The normalized spacial score (nSPS) is 14.2. The molecule has 0 spiro atoms.